The van der Waals surface area contributed by atoms with Crippen molar-refractivity contribution in [3.63, 3.8) is 0 Å². The Kier molecular flexibility index (Phi) is 2.17. The molecule has 2 rings (SSSR count). The molecule has 0 amide bonds. The van der Waals surface area contributed by atoms with Crippen molar-refractivity contribution in [2.45, 2.75) is 52.0 Å². The van der Waals surface area contributed by atoms with Gasteiger partial charge in [-0.1, -0.05) is 27.7 Å². The van der Waals surface area contributed by atoms with Gasteiger partial charge in [0.15, 0.2) is 0 Å². The van der Waals surface area contributed by atoms with Crippen LogP contribution >= 0.6 is 0 Å². The van der Waals surface area contributed by atoms with Crippen molar-refractivity contribution in [1.82, 2.24) is 9.78 Å². The average molecular weight is 192 g/mol. The lowest BCUT2D eigenvalue weighted by atomic mass is 9.82. The number of nitrogens with zero attached hydrogens (tertiary/aromatic N) is 2. The van der Waals surface area contributed by atoms with Gasteiger partial charge in [-0.05, 0) is 29.7 Å². The summed E-state index contributed by atoms with van der Waals surface area (Å²) in [4.78, 5) is 0. The first-order valence-corrected chi connectivity index (χ1v) is 5.51. The summed E-state index contributed by atoms with van der Waals surface area (Å²) in [7, 11) is 0. The molecule has 0 atom stereocenters. The van der Waals surface area contributed by atoms with Crippen molar-refractivity contribution >= 4 is 0 Å². The highest BCUT2D eigenvalue weighted by Crippen LogP contribution is 2.37. The molecule has 1 aliphatic carbocycles. The maximum Gasteiger partial charge on any atom is 0.0527 e. The second-order valence-corrected chi connectivity index (χ2v) is 5.69. The van der Waals surface area contributed by atoms with Gasteiger partial charge in [0.1, 0.15) is 0 Å². The molecule has 14 heavy (non-hydrogen) atoms. The van der Waals surface area contributed by atoms with E-state index in [0.29, 0.717) is 6.04 Å². The van der Waals surface area contributed by atoms with Crippen LogP contribution in [0.25, 0.3) is 0 Å². The van der Waals surface area contributed by atoms with Crippen molar-refractivity contribution in [3.05, 3.63) is 18.0 Å². The molecule has 1 fully saturated rings. The molecule has 2 heteroatoms. The van der Waals surface area contributed by atoms with Crippen LogP contribution in [0.4, 0.5) is 0 Å². The Morgan fingerprint density at radius 2 is 2.00 bits per heavy atom. The normalized spacial score (nSPS) is 27.4. The Hall–Kier alpha value is -0.790. The summed E-state index contributed by atoms with van der Waals surface area (Å²) in [6.45, 7) is 9.01. The molecule has 1 saturated carbocycles. The third-order valence-corrected chi connectivity index (χ3v) is 3.19. The molecule has 0 radical (unpaired) electrons. The molecule has 0 N–H and O–H groups in total. The first-order valence-electron chi connectivity index (χ1n) is 5.51. The summed E-state index contributed by atoms with van der Waals surface area (Å²) in [6.07, 6.45) is 6.83. The van der Waals surface area contributed by atoms with E-state index in [-0.39, 0.29) is 5.41 Å². The molecule has 0 spiro atoms. The lowest BCUT2D eigenvalue weighted by Crippen LogP contribution is -2.25. The van der Waals surface area contributed by atoms with E-state index in [1.165, 1.54) is 18.4 Å². The average Bonchev–Trinajstić information content (AvgIpc) is 2.45. The number of hydrogen-bond acceptors (Lipinski definition) is 1. The smallest absolute Gasteiger partial charge is 0.0527 e. The lowest BCUT2D eigenvalue weighted by Gasteiger charge is -2.32. The molecule has 0 bridgehead atoms. The second kappa shape index (κ2) is 3.11. The molecule has 0 aromatic carbocycles. The zero-order chi connectivity index (χ0) is 10.3. The van der Waals surface area contributed by atoms with E-state index in [2.05, 4.69) is 43.7 Å². The molecule has 1 aromatic rings. The van der Waals surface area contributed by atoms with E-state index >= 15 is 0 Å². The predicted octanol–water partition coefficient (Wildman–Crippen LogP) is 3.15. The summed E-state index contributed by atoms with van der Waals surface area (Å²) in [5, 5.41) is 4.46. The van der Waals surface area contributed by atoms with Crippen LogP contribution in [0.3, 0.4) is 0 Å². The van der Waals surface area contributed by atoms with Crippen molar-refractivity contribution in [2.24, 2.45) is 5.92 Å². The molecule has 2 nitrogen and oxygen atoms in total. The van der Waals surface area contributed by atoms with Gasteiger partial charge in [-0.15, -0.1) is 0 Å². The van der Waals surface area contributed by atoms with Gasteiger partial charge in [-0.2, -0.15) is 5.10 Å². The third kappa shape index (κ3) is 1.70. The highest BCUT2D eigenvalue weighted by atomic mass is 15.3. The van der Waals surface area contributed by atoms with Crippen molar-refractivity contribution in [1.29, 1.82) is 0 Å². The largest absolute Gasteiger partial charge is 0.269 e. The minimum atomic E-state index is 0.230. The summed E-state index contributed by atoms with van der Waals surface area (Å²) >= 11 is 0. The Balaban J connectivity index is 2.11. The standard InChI is InChI=1S/C12H20N2/c1-9-5-11(6-9)14-8-10(7-13-14)12(2,3)4/h7-9,11H,5-6H2,1-4H3. The summed E-state index contributed by atoms with van der Waals surface area (Å²) in [5.41, 5.74) is 1.57. The Bertz CT molecular complexity index is 313. The quantitative estimate of drug-likeness (QED) is 0.668. The molecule has 1 aliphatic rings. The molecule has 0 aliphatic heterocycles. The zero-order valence-electron chi connectivity index (χ0n) is 9.62. The first kappa shape index (κ1) is 9.75. The first-order chi connectivity index (χ1) is 6.47. The van der Waals surface area contributed by atoms with Crippen LogP contribution in [0, 0.1) is 5.92 Å². The highest BCUT2D eigenvalue weighted by molar-refractivity contribution is 5.15. The molecule has 0 unspecified atom stereocenters. The number of aromatic nitrogens is 2. The van der Waals surface area contributed by atoms with E-state index in [0.717, 1.165) is 5.92 Å². The van der Waals surface area contributed by atoms with Gasteiger partial charge >= 0.3 is 0 Å². The minimum absolute atomic E-state index is 0.230. The Morgan fingerprint density at radius 3 is 2.43 bits per heavy atom. The van der Waals surface area contributed by atoms with Gasteiger partial charge in [0.05, 0.1) is 12.2 Å². The number of hydrogen-bond donors (Lipinski definition) is 0. The van der Waals surface area contributed by atoms with E-state index in [1.54, 1.807) is 0 Å². The highest BCUT2D eigenvalue weighted by Gasteiger charge is 2.28. The third-order valence-electron chi connectivity index (χ3n) is 3.19. The Labute approximate surface area is 86.3 Å². The monoisotopic (exact) mass is 192 g/mol. The van der Waals surface area contributed by atoms with Gasteiger partial charge in [-0.25, -0.2) is 0 Å². The maximum absolute atomic E-state index is 4.46. The lowest BCUT2D eigenvalue weighted by molar-refractivity contribution is 0.200. The van der Waals surface area contributed by atoms with Crippen LogP contribution in [0.2, 0.25) is 0 Å². The van der Waals surface area contributed by atoms with Gasteiger partial charge in [-0.3, -0.25) is 4.68 Å². The van der Waals surface area contributed by atoms with Crippen molar-refractivity contribution < 1.29 is 0 Å². The van der Waals surface area contributed by atoms with Crippen LogP contribution in [-0.4, -0.2) is 9.78 Å². The van der Waals surface area contributed by atoms with E-state index in [9.17, 15) is 0 Å². The topological polar surface area (TPSA) is 17.8 Å². The molecule has 1 heterocycles. The van der Waals surface area contributed by atoms with Crippen LogP contribution in [0.15, 0.2) is 12.4 Å². The molecule has 1 aromatic heterocycles. The fraction of sp³-hybridized carbons (Fsp3) is 0.750. The molecular weight excluding hydrogens is 172 g/mol. The van der Waals surface area contributed by atoms with Crippen LogP contribution in [0.5, 0.6) is 0 Å². The summed E-state index contributed by atoms with van der Waals surface area (Å²) < 4.78 is 2.15. The van der Waals surface area contributed by atoms with Crippen LogP contribution < -0.4 is 0 Å². The van der Waals surface area contributed by atoms with Crippen LogP contribution in [0.1, 0.15) is 52.1 Å². The van der Waals surface area contributed by atoms with Crippen molar-refractivity contribution in [3.8, 4) is 0 Å². The second-order valence-electron chi connectivity index (χ2n) is 5.69. The van der Waals surface area contributed by atoms with E-state index in [1.807, 2.05) is 6.20 Å². The summed E-state index contributed by atoms with van der Waals surface area (Å²) in [5.74, 6) is 0.891. The summed E-state index contributed by atoms with van der Waals surface area (Å²) in [6, 6.07) is 0.668. The number of rotatable bonds is 1. The van der Waals surface area contributed by atoms with Gasteiger partial charge in [0.25, 0.3) is 0 Å². The fourth-order valence-corrected chi connectivity index (χ4v) is 2.00. The molecule has 0 saturated heterocycles. The van der Waals surface area contributed by atoms with E-state index in [4.69, 9.17) is 0 Å². The zero-order valence-corrected chi connectivity index (χ0v) is 9.62. The van der Waals surface area contributed by atoms with E-state index < -0.39 is 0 Å². The van der Waals surface area contributed by atoms with Gasteiger partial charge in [0.2, 0.25) is 0 Å². The SMILES string of the molecule is CC1CC(n2cc(C(C)(C)C)cn2)C1. The van der Waals surface area contributed by atoms with Crippen LogP contribution in [-0.2, 0) is 5.41 Å². The Morgan fingerprint density at radius 1 is 1.36 bits per heavy atom. The molecule has 78 valence electrons. The maximum atomic E-state index is 4.46. The minimum Gasteiger partial charge on any atom is -0.269 e. The predicted molar refractivity (Wildman–Crippen MR) is 58.4 cm³/mol. The van der Waals surface area contributed by atoms with Gasteiger partial charge < -0.3 is 0 Å². The van der Waals surface area contributed by atoms with Crippen molar-refractivity contribution in [2.75, 3.05) is 0 Å². The van der Waals surface area contributed by atoms with Gasteiger partial charge in [0, 0.05) is 6.20 Å². The molecular formula is C12H20N2. The fourth-order valence-electron chi connectivity index (χ4n) is 2.00.